The number of aromatic nitrogens is 2. The van der Waals surface area contributed by atoms with Crippen molar-refractivity contribution < 1.29 is 5.11 Å². The summed E-state index contributed by atoms with van der Waals surface area (Å²) in [5, 5.41) is 13.7. The number of nitrogens with zero attached hydrogens (tertiary/aromatic N) is 2. The first-order valence-electron chi connectivity index (χ1n) is 7.40. The van der Waals surface area contributed by atoms with E-state index in [2.05, 4.69) is 26.2 Å². The van der Waals surface area contributed by atoms with E-state index in [1.54, 1.807) is 0 Å². The maximum absolute atomic E-state index is 9.47. The Morgan fingerprint density at radius 3 is 2.52 bits per heavy atom. The van der Waals surface area contributed by atoms with Gasteiger partial charge in [0.05, 0.1) is 23.4 Å². The lowest BCUT2D eigenvalue weighted by Gasteiger charge is -2.24. The summed E-state index contributed by atoms with van der Waals surface area (Å²) in [6, 6.07) is 16.0. The van der Waals surface area contributed by atoms with Crippen molar-refractivity contribution in [2.75, 3.05) is 11.9 Å². The summed E-state index contributed by atoms with van der Waals surface area (Å²) < 4.78 is 0.988. The minimum Gasteiger partial charge on any atom is -0.394 e. The number of aliphatic hydroxyl groups is 1. The normalized spacial score (nSPS) is 11.7. The molecule has 0 fully saturated rings. The van der Waals surface area contributed by atoms with Gasteiger partial charge >= 0.3 is 0 Å². The molecule has 0 atom stereocenters. The zero-order valence-electron chi connectivity index (χ0n) is 13.0. The Morgan fingerprint density at radius 1 is 1.09 bits per heavy atom. The molecule has 0 aliphatic rings. The molecule has 0 radical (unpaired) electrons. The lowest BCUT2D eigenvalue weighted by Crippen LogP contribution is -2.35. The van der Waals surface area contributed by atoms with E-state index in [4.69, 9.17) is 4.98 Å². The van der Waals surface area contributed by atoms with E-state index < -0.39 is 5.54 Å². The summed E-state index contributed by atoms with van der Waals surface area (Å²) in [5.74, 6) is 0.512. The maximum atomic E-state index is 9.47. The number of hydrogen-bond acceptors (Lipinski definition) is 4. The number of benzene rings is 2. The van der Waals surface area contributed by atoms with Crippen LogP contribution in [0.3, 0.4) is 0 Å². The molecule has 3 aromatic rings. The highest BCUT2D eigenvalue weighted by Crippen LogP contribution is 2.30. The second kappa shape index (κ2) is 6.26. The van der Waals surface area contributed by atoms with Crippen molar-refractivity contribution in [3.63, 3.8) is 0 Å². The SMILES string of the molecule is CC(C)(CO)Nc1nc(-c2ccccc2)c2cc(Br)ccc2n1. The van der Waals surface area contributed by atoms with E-state index in [0.29, 0.717) is 5.95 Å². The average Bonchev–Trinajstić information content (AvgIpc) is 2.55. The van der Waals surface area contributed by atoms with Crippen LogP contribution in [0.1, 0.15) is 13.8 Å². The summed E-state index contributed by atoms with van der Waals surface area (Å²) in [5.41, 5.74) is 2.27. The fourth-order valence-corrected chi connectivity index (χ4v) is 2.68. The monoisotopic (exact) mass is 371 g/mol. The number of hydrogen-bond donors (Lipinski definition) is 2. The lowest BCUT2D eigenvalue weighted by molar-refractivity contribution is 0.233. The van der Waals surface area contributed by atoms with Gasteiger partial charge in [-0.15, -0.1) is 0 Å². The van der Waals surface area contributed by atoms with Crippen molar-refractivity contribution in [1.29, 1.82) is 0 Å². The van der Waals surface area contributed by atoms with Gasteiger partial charge in [0.1, 0.15) is 0 Å². The van der Waals surface area contributed by atoms with Crippen molar-refractivity contribution in [3.8, 4) is 11.3 Å². The van der Waals surface area contributed by atoms with Crippen LogP contribution in [0.15, 0.2) is 53.0 Å². The first-order chi connectivity index (χ1) is 11.0. The van der Waals surface area contributed by atoms with E-state index in [-0.39, 0.29) is 6.61 Å². The van der Waals surface area contributed by atoms with Crippen LogP contribution in [0.2, 0.25) is 0 Å². The minimum atomic E-state index is -0.489. The van der Waals surface area contributed by atoms with Gasteiger partial charge in [-0.05, 0) is 32.0 Å². The number of aliphatic hydroxyl groups excluding tert-OH is 1. The molecule has 0 spiro atoms. The topological polar surface area (TPSA) is 58.0 Å². The molecule has 2 N–H and O–H groups in total. The van der Waals surface area contributed by atoms with Crippen molar-refractivity contribution >= 4 is 32.8 Å². The quantitative estimate of drug-likeness (QED) is 0.719. The number of rotatable bonds is 4. The van der Waals surface area contributed by atoms with Crippen molar-refractivity contribution in [2.45, 2.75) is 19.4 Å². The molecule has 118 valence electrons. The van der Waals surface area contributed by atoms with Crippen LogP contribution < -0.4 is 5.32 Å². The first-order valence-corrected chi connectivity index (χ1v) is 8.19. The molecule has 1 aromatic heterocycles. The number of fused-ring (bicyclic) bond motifs is 1. The Labute approximate surface area is 143 Å². The van der Waals surface area contributed by atoms with Gasteiger partial charge in [-0.25, -0.2) is 9.97 Å². The lowest BCUT2D eigenvalue weighted by atomic mass is 10.1. The van der Waals surface area contributed by atoms with E-state index in [9.17, 15) is 5.11 Å². The minimum absolute atomic E-state index is 0.00456. The van der Waals surface area contributed by atoms with Crippen molar-refractivity contribution in [1.82, 2.24) is 9.97 Å². The van der Waals surface area contributed by atoms with Crippen LogP contribution in [0.25, 0.3) is 22.2 Å². The smallest absolute Gasteiger partial charge is 0.224 e. The second-order valence-electron chi connectivity index (χ2n) is 6.09. The van der Waals surface area contributed by atoms with Crippen molar-refractivity contribution in [3.05, 3.63) is 53.0 Å². The molecular formula is C18H18BrN3O. The predicted octanol–water partition coefficient (Wildman–Crippen LogP) is 4.24. The van der Waals surface area contributed by atoms with Crippen LogP contribution in [0.5, 0.6) is 0 Å². The fraction of sp³-hybridized carbons (Fsp3) is 0.222. The summed E-state index contributed by atoms with van der Waals surface area (Å²) in [6.07, 6.45) is 0. The van der Waals surface area contributed by atoms with Crippen LogP contribution in [0, 0.1) is 0 Å². The summed E-state index contributed by atoms with van der Waals surface area (Å²) in [6.45, 7) is 3.81. The molecule has 4 nitrogen and oxygen atoms in total. The zero-order chi connectivity index (χ0) is 16.4. The highest BCUT2D eigenvalue weighted by atomic mass is 79.9. The molecule has 0 aliphatic heterocycles. The molecule has 3 rings (SSSR count). The molecule has 23 heavy (non-hydrogen) atoms. The molecule has 0 saturated heterocycles. The summed E-state index contributed by atoms with van der Waals surface area (Å²) in [4.78, 5) is 9.27. The van der Waals surface area contributed by atoms with Gasteiger partial charge in [-0.2, -0.15) is 0 Å². The van der Waals surface area contributed by atoms with Crippen LogP contribution in [0.4, 0.5) is 5.95 Å². The number of halogens is 1. The van der Waals surface area contributed by atoms with Crippen LogP contribution >= 0.6 is 15.9 Å². The van der Waals surface area contributed by atoms with Crippen LogP contribution in [-0.4, -0.2) is 27.2 Å². The molecular weight excluding hydrogens is 354 g/mol. The molecule has 0 bridgehead atoms. The molecule has 0 unspecified atom stereocenters. The Balaban J connectivity index is 2.20. The van der Waals surface area contributed by atoms with Gasteiger partial charge in [-0.3, -0.25) is 0 Å². The highest BCUT2D eigenvalue weighted by molar-refractivity contribution is 9.10. The predicted molar refractivity (Wildman–Crippen MR) is 97.5 cm³/mol. The Morgan fingerprint density at radius 2 is 1.83 bits per heavy atom. The number of anilines is 1. The third-order valence-electron chi connectivity index (χ3n) is 3.55. The van der Waals surface area contributed by atoms with Gasteiger partial charge in [0.25, 0.3) is 0 Å². The highest BCUT2D eigenvalue weighted by Gasteiger charge is 2.19. The molecule has 2 aromatic carbocycles. The molecule has 0 aliphatic carbocycles. The number of nitrogens with one attached hydrogen (secondary N) is 1. The first kappa shape index (κ1) is 15.9. The molecule has 1 heterocycles. The standard InChI is InChI=1S/C18H18BrN3O/c1-18(2,11-23)22-17-20-15-9-8-13(19)10-14(15)16(21-17)12-6-4-3-5-7-12/h3-10,23H,11H2,1-2H3,(H,20,21,22). The third-order valence-corrected chi connectivity index (χ3v) is 4.04. The molecule has 0 amide bonds. The maximum Gasteiger partial charge on any atom is 0.224 e. The third kappa shape index (κ3) is 3.51. The zero-order valence-corrected chi connectivity index (χ0v) is 14.6. The summed E-state index contributed by atoms with van der Waals surface area (Å²) >= 11 is 3.51. The Kier molecular flexibility index (Phi) is 4.33. The Bertz CT molecular complexity index is 834. The Hall–Kier alpha value is -1.98. The molecule has 0 saturated carbocycles. The fourth-order valence-electron chi connectivity index (χ4n) is 2.31. The van der Waals surface area contributed by atoms with E-state index in [0.717, 1.165) is 26.6 Å². The van der Waals surface area contributed by atoms with E-state index in [1.807, 2.05) is 62.4 Å². The van der Waals surface area contributed by atoms with Gasteiger partial charge in [0.2, 0.25) is 5.95 Å². The second-order valence-corrected chi connectivity index (χ2v) is 7.01. The summed E-state index contributed by atoms with van der Waals surface area (Å²) in [7, 11) is 0. The van der Waals surface area contributed by atoms with E-state index >= 15 is 0 Å². The average molecular weight is 372 g/mol. The van der Waals surface area contributed by atoms with E-state index in [1.165, 1.54) is 0 Å². The molecule has 5 heteroatoms. The van der Waals surface area contributed by atoms with Gasteiger partial charge in [0.15, 0.2) is 0 Å². The largest absolute Gasteiger partial charge is 0.394 e. The van der Waals surface area contributed by atoms with Gasteiger partial charge < -0.3 is 10.4 Å². The van der Waals surface area contributed by atoms with Crippen LogP contribution in [-0.2, 0) is 0 Å². The van der Waals surface area contributed by atoms with Gasteiger partial charge in [0, 0.05) is 15.4 Å². The van der Waals surface area contributed by atoms with Gasteiger partial charge in [-0.1, -0.05) is 46.3 Å². The van der Waals surface area contributed by atoms with Crippen molar-refractivity contribution in [2.24, 2.45) is 0 Å².